The molecule has 1 rings (SSSR count). The van der Waals surface area contributed by atoms with Crippen molar-refractivity contribution in [3.8, 4) is 0 Å². The van der Waals surface area contributed by atoms with Crippen molar-refractivity contribution in [3.05, 3.63) is 34.6 Å². The number of carbonyl (C=O) groups is 2. The molecule has 0 radical (unpaired) electrons. The Balaban J connectivity index is 3.10. The third-order valence-corrected chi connectivity index (χ3v) is 2.90. The number of amides is 1. The molecule has 1 aromatic rings. The summed E-state index contributed by atoms with van der Waals surface area (Å²) in [5.74, 6) is -1.92. The molecule has 0 N–H and O–H groups in total. The molecule has 0 saturated heterocycles. The molecule has 0 unspecified atom stereocenters. The molecule has 19 heavy (non-hydrogen) atoms. The molecule has 0 aromatic heterocycles. The zero-order valence-corrected chi connectivity index (χ0v) is 11.7. The number of halogens is 2. The van der Waals surface area contributed by atoms with Gasteiger partial charge in [0.05, 0.1) is 17.7 Å². The van der Waals surface area contributed by atoms with Crippen LogP contribution in [0.3, 0.4) is 0 Å². The number of nitrogens with zero attached hydrogens (tertiary/aromatic N) is 1. The molecule has 6 heteroatoms. The van der Waals surface area contributed by atoms with E-state index < -0.39 is 17.7 Å². The first-order chi connectivity index (χ1) is 8.88. The Morgan fingerprint density at radius 2 is 2.05 bits per heavy atom. The molecule has 1 amide bonds. The van der Waals surface area contributed by atoms with Gasteiger partial charge in [-0.15, -0.1) is 0 Å². The summed E-state index contributed by atoms with van der Waals surface area (Å²) in [5, 5.41) is 0.0144. The van der Waals surface area contributed by atoms with Crippen LogP contribution in [0.2, 0.25) is 5.02 Å². The van der Waals surface area contributed by atoms with Crippen LogP contribution in [0.25, 0.3) is 0 Å². The number of esters is 1. The molecule has 104 valence electrons. The zero-order valence-electron chi connectivity index (χ0n) is 10.9. The maximum Gasteiger partial charge on any atom is 0.325 e. The van der Waals surface area contributed by atoms with Crippen LogP contribution in [0.4, 0.5) is 4.39 Å². The lowest BCUT2D eigenvalue weighted by Gasteiger charge is -2.26. The third kappa shape index (κ3) is 3.67. The number of benzene rings is 1. The van der Waals surface area contributed by atoms with Crippen molar-refractivity contribution < 1.29 is 18.7 Å². The molecule has 0 fully saturated rings. The normalized spacial score (nSPS) is 10.4. The van der Waals surface area contributed by atoms with Crippen molar-refractivity contribution >= 4 is 23.5 Å². The highest BCUT2D eigenvalue weighted by Gasteiger charge is 2.26. The smallest absolute Gasteiger partial charge is 0.325 e. The van der Waals surface area contributed by atoms with E-state index in [0.29, 0.717) is 0 Å². The van der Waals surface area contributed by atoms with Gasteiger partial charge in [-0.3, -0.25) is 9.59 Å². The molecule has 0 spiro atoms. The maximum atomic E-state index is 13.7. The van der Waals surface area contributed by atoms with Crippen LogP contribution >= 0.6 is 11.6 Å². The summed E-state index contributed by atoms with van der Waals surface area (Å²) in [4.78, 5) is 24.8. The van der Waals surface area contributed by atoms with Crippen molar-refractivity contribution in [2.75, 3.05) is 13.7 Å². The predicted molar refractivity (Wildman–Crippen MR) is 69.6 cm³/mol. The number of rotatable bonds is 4. The van der Waals surface area contributed by atoms with Gasteiger partial charge in [0.2, 0.25) is 0 Å². The minimum absolute atomic E-state index is 0.0144. The van der Waals surface area contributed by atoms with Crippen molar-refractivity contribution in [1.29, 1.82) is 0 Å². The maximum absolute atomic E-state index is 13.7. The van der Waals surface area contributed by atoms with Gasteiger partial charge in [-0.2, -0.15) is 0 Å². The first-order valence-corrected chi connectivity index (χ1v) is 6.08. The highest BCUT2D eigenvalue weighted by molar-refractivity contribution is 6.33. The molecule has 0 aliphatic heterocycles. The molecule has 4 nitrogen and oxygen atoms in total. The Bertz CT molecular complexity index is 471. The highest BCUT2D eigenvalue weighted by atomic mass is 35.5. The molecule has 0 atom stereocenters. The third-order valence-electron chi connectivity index (χ3n) is 2.59. The van der Waals surface area contributed by atoms with E-state index in [1.165, 1.54) is 24.1 Å². The first-order valence-electron chi connectivity index (χ1n) is 5.70. The van der Waals surface area contributed by atoms with Gasteiger partial charge in [0, 0.05) is 6.04 Å². The minimum atomic E-state index is -0.715. The first kappa shape index (κ1) is 15.4. The van der Waals surface area contributed by atoms with E-state index in [-0.39, 0.29) is 23.2 Å². The van der Waals surface area contributed by atoms with E-state index >= 15 is 0 Å². The van der Waals surface area contributed by atoms with Crippen molar-refractivity contribution in [3.63, 3.8) is 0 Å². The van der Waals surface area contributed by atoms with Gasteiger partial charge in [-0.05, 0) is 26.0 Å². The number of hydrogen-bond acceptors (Lipinski definition) is 3. The Morgan fingerprint density at radius 3 is 2.53 bits per heavy atom. The lowest BCUT2D eigenvalue weighted by Crippen LogP contribution is -2.41. The van der Waals surface area contributed by atoms with Crippen LogP contribution in [0, 0.1) is 5.82 Å². The predicted octanol–water partition coefficient (Wildman–Crippen LogP) is 2.50. The lowest BCUT2D eigenvalue weighted by molar-refractivity contribution is -0.141. The summed E-state index contributed by atoms with van der Waals surface area (Å²) in [7, 11) is 1.22. The van der Waals surface area contributed by atoms with Crippen molar-refractivity contribution in [1.82, 2.24) is 4.90 Å². The minimum Gasteiger partial charge on any atom is -0.468 e. The number of carbonyl (C=O) groups excluding carboxylic acids is 2. The summed E-state index contributed by atoms with van der Waals surface area (Å²) in [5.41, 5.74) is -0.234. The van der Waals surface area contributed by atoms with Crippen LogP contribution in [0.5, 0.6) is 0 Å². The van der Waals surface area contributed by atoms with E-state index in [2.05, 4.69) is 4.74 Å². The number of hydrogen-bond donors (Lipinski definition) is 0. The topological polar surface area (TPSA) is 46.6 Å². The molecule has 0 heterocycles. The van der Waals surface area contributed by atoms with E-state index in [1.807, 2.05) is 0 Å². The fourth-order valence-electron chi connectivity index (χ4n) is 1.54. The van der Waals surface area contributed by atoms with Gasteiger partial charge in [0.1, 0.15) is 12.4 Å². The summed E-state index contributed by atoms with van der Waals surface area (Å²) in [6.07, 6.45) is 0. The molecule has 1 aromatic carbocycles. The monoisotopic (exact) mass is 287 g/mol. The Labute approximate surface area is 116 Å². The van der Waals surface area contributed by atoms with Crippen LogP contribution in [0.1, 0.15) is 24.2 Å². The van der Waals surface area contributed by atoms with Crippen molar-refractivity contribution in [2.45, 2.75) is 19.9 Å². The summed E-state index contributed by atoms with van der Waals surface area (Å²) >= 11 is 5.84. The van der Waals surface area contributed by atoms with Crippen LogP contribution in [0.15, 0.2) is 18.2 Å². The average molecular weight is 288 g/mol. The second-order valence-electron chi connectivity index (χ2n) is 4.20. The highest BCUT2D eigenvalue weighted by Crippen LogP contribution is 2.21. The number of methoxy groups -OCH3 is 1. The number of ether oxygens (including phenoxy) is 1. The fraction of sp³-hybridized carbons (Fsp3) is 0.385. The van der Waals surface area contributed by atoms with Gasteiger partial charge in [0.25, 0.3) is 5.91 Å². The Hall–Kier alpha value is -1.62. The van der Waals surface area contributed by atoms with Gasteiger partial charge < -0.3 is 9.64 Å². The lowest BCUT2D eigenvalue weighted by atomic mass is 10.1. The molecular formula is C13H15ClFNO3. The quantitative estimate of drug-likeness (QED) is 0.800. The fourth-order valence-corrected chi connectivity index (χ4v) is 1.78. The summed E-state index contributed by atoms with van der Waals surface area (Å²) < 4.78 is 18.2. The molecule has 0 saturated carbocycles. The second-order valence-corrected chi connectivity index (χ2v) is 4.61. The van der Waals surface area contributed by atoms with Gasteiger partial charge in [-0.25, -0.2) is 4.39 Å². The van der Waals surface area contributed by atoms with Gasteiger partial charge in [-0.1, -0.05) is 17.7 Å². The summed E-state index contributed by atoms with van der Waals surface area (Å²) in [6.45, 7) is 3.18. The molecular weight excluding hydrogens is 273 g/mol. The largest absolute Gasteiger partial charge is 0.468 e. The van der Waals surface area contributed by atoms with Crippen molar-refractivity contribution in [2.24, 2.45) is 0 Å². The Morgan fingerprint density at radius 1 is 1.42 bits per heavy atom. The van der Waals surface area contributed by atoms with E-state index in [9.17, 15) is 14.0 Å². The van der Waals surface area contributed by atoms with Crippen LogP contribution < -0.4 is 0 Å². The van der Waals surface area contributed by atoms with Crippen LogP contribution in [-0.4, -0.2) is 36.5 Å². The van der Waals surface area contributed by atoms with E-state index in [1.54, 1.807) is 13.8 Å². The average Bonchev–Trinajstić information content (AvgIpc) is 2.34. The van der Waals surface area contributed by atoms with Crippen LogP contribution in [-0.2, 0) is 9.53 Å². The summed E-state index contributed by atoms with van der Waals surface area (Å²) in [6, 6.07) is 3.70. The molecule has 0 aliphatic rings. The van der Waals surface area contributed by atoms with E-state index in [4.69, 9.17) is 11.6 Å². The van der Waals surface area contributed by atoms with E-state index in [0.717, 1.165) is 6.07 Å². The Kier molecular flexibility index (Phi) is 5.30. The second kappa shape index (κ2) is 6.52. The van der Waals surface area contributed by atoms with Gasteiger partial charge in [0.15, 0.2) is 0 Å². The SMILES string of the molecule is COC(=O)CN(C(=O)c1c(F)cccc1Cl)C(C)C. The van der Waals surface area contributed by atoms with Gasteiger partial charge >= 0.3 is 5.97 Å². The molecule has 0 aliphatic carbocycles. The molecule has 0 bridgehead atoms. The zero-order chi connectivity index (χ0) is 14.6. The standard InChI is InChI=1S/C13H15ClFNO3/c1-8(2)16(7-11(17)19-3)13(18)12-9(14)5-4-6-10(12)15/h4-6,8H,7H2,1-3H3.